The van der Waals surface area contributed by atoms with Crippen LogP contribution in [-0.2, 0) is 9.59 Å². The number of rotatable bonds is 8. The van der Waals surface area contributed by atoms with Crippen molar-refractivity contribution in [3.63, 3.8) is 0 Å². The molecule has 0 aliphatic carbocycles. The lowest BCUT2D eigenvalue weighted by molar-refractivity contribution is -0.131. The van der Waals surface area contributed by atoms with Crippen LogP contribution in [0, 0.1) is 5.92 Å². The van der Waals surface area contributed by atoms with E-state index in [1.54, 1.807) is 0 Å². The Morgan fingerprint density at radius 3 is 1.95 bits per heavy atom. The van der Waals surface area contributed by atoms with Gasteiger partial charge in [0.25, 0.3) is 0 Å². The van der Waals surface area contributed by atoms with Crippen LogP contribution in [0.3, 0.4) is 0 Å². The van der Waals surface area contributed by atoms with Crippen molar-refractivity contribution >= 4 is 11.8 Å². The maximum atomic E-state index is 12.1. The highest BCUT2D eigenvalue weighted by atomic mass is 16.2. The molecule has 0 fully saturated rings. The first-order valence-corrected chi connectivity index (χ1v) is 7.13. The topological polar surface area (TPSA) is 58.2 Å². The van der Waals surface area contributed by atoms with Crippen LogP contribution in [0.4, 0.5) is 0 Å². The van der Waals surface area contributed by atoms with E-state index in [0.717, 1.165) is 12.0 Å². The Bertz CT molecular complexity index is 326. The molecule has 0 spiro atoms. The molecular formula is C15H28N2O2. The van der Waals surface area contributed by atoms with Crippen LogP contribution >= 0.6 is 0 Å². The van der Waals surface area contributed by atoms with Crippen LogP contribution in [-0.4, -0.2) is 23.9 Å². The van der Waals surface area contributed by atoms with Crippen molar-refractivity contribution in [2.75, 3.05) is 0 Å². The molecule has 3 unspecified atom stereocenters. The average Bonchev–Trinajstić information content (AvgIpc) is 2.35. The summed E-state index contributed by atoms with van der Waals surface area (Å²) in [5.41, 5.74) is 0.831. The maximum absolute atomic E-state index is 12.1. The summed E-state index contributed by atoms with van der Waals surface area (Å²) in [6.07, 6.45) is 2.16. The van der Waals surface area contributed by atoms with E-state index < -0.39 is 6.04 Å². The van der Waals surface area contributed by atoms with Gasteiger partial charge in [0.15, 0.2) is 0 Å². The first kappa shape index (κ1) is 17.7. The summed E-state index contributed by atoms with van der Waals surface area (Å²) in [5.74, 6) is -0.437. The molecule has 0 aliphatic heterocycles. The van der Waals surface area contributed by atoms with E-state index in [4.69, 9.17) is 0 Å². The van der Waals surface area contributed by atoms with Gasteiger partial charge in [-0.25, -0.2) is 0 Å². The van der Waals surface area contributed by atoms with Crippen LogP contribution < -0.4 is 10.6 Å². The fourth-order valence-electron chi connectivity index (χ4n) is 1.83. The molecule has 3 atom stereocenters. The molecule has 110 valence electrons. The van der Waals surface area contributed by atoms with Crippen LogP contribution in [0.2, 0.25) is 0 Å². The van der Waals surface area contributed by atoms with Crippen molar-refractivity contribution in [1.82, 2.24) is 10.6 Å². The molecule has 0 aromatic carbocycles. The van der Waals surface area contributed by atoms with E-state index in [2.05, 4.69) is 17.2 Å². The van der Waals surface area contributed by atoms with Crippen molar-refractivity contribution in [1.29, 1.82) is 0 Å². The second kappa shape index (κ2) is 8.73. The first-order chi connectivity index (χ1) is 8.87. The number of nitrogens with one attached hydrogen (secondary N) is 2. The molecule has 0 rings (SSSR count). The lowest BCUT2D eigenvalue weighted by Crippen LogP contribution is -2.50. The molecule has 4 nitrogen and oxygen atoms in total. The monoisotopic (exact) mass is 268 g/mol. The molecule has 2 amide bonds. The summed E-state index contributed by atoms with van der Waals surface area (Å²) in [6.45, 7) is 13.5. The van der Waals surface area contributed by atoms with Gasteiger partial charge < -0.3 is 10.6 Å². The zero-order chi connectivity index (χ0) is 15.0. The molecular weight excluding hydrogens is 240 g/mol. The fourth-order valence-corrected chi connectivity index (χ4v) is 1.83. The van der Waals surface area contributed by atoms with Gasteiger partial charge in [-0.3, -0.25) is 9.59 Å². The quantitative estimate of drug-likeness (QED) is 0.664. The minimum absolute atomic E-state index is 0.109. The molecule has 19 heavy (non-hydrogen) atoms. The number of carbonyl (C=O) groups is 2. The molecule has 0 radical (unpaired) electrons. The number of hydrogen-bond acceptors (Lipinski definition) is 2. The van der Waals surface area contributed by atoms with E-state index in [0.29, 0.717) is 12.8 Å². The van der Waals surface area contributed by atoms with Gasteiger partial charge in [-0.2, -0.15) is 0 Å². The van der Waals surface area contributed by atoms with Crippen LogP contribution in [0.15, 0.2) is 12.2 Å². The second-order valence-corrected chi connectivity index (χ2v) is 5.09. The average molecular weight is 268 g/mol. The first-order valence-electron chi connectivity index (χ1n) is 7.13. The van der Waals surface area contributed by atoms with Crippen molar-refractivity contribution in [3.05, 3.63) is 12.2 Å². The normalized spacial score (nSPS) is 15.2. The minimum atomic E-state index is -0.463. The molecule has 2 N–H and O–H groups in total. The van der Waals surface area contributed by atoms with Gasteiger partial charge in [0, 0.05) is 6.04 Å². The van der Waals surface area contributed by atoms with E-state index in [1.807, 2.05) is 34.6 Å². The summed E-state index contributed by atoms with van der Waals surface area (Å²) >= 11 is 0. The Kier molecular flexibility index (Phi) is 8.12. The highest BCUT2D eigenvalue weighted by molar-refractivity contribution is 5.89. The van der Waals surface area contributed by atoms with E-state index in [-0.39, 0.29) is 23.8 Å². The van der Waals surface area contributed by atoms with E-state index in [9.17, 15) is 9.59 Å². The van der Waals surface area contributed by atoms with Gasteiger partial charge in [-0.05, 0) is 33.1 Å². The number of carbonyl (C=O) groups excluding carboxylic acids is 2. The summed E-state index contributed by atoms with van der Waals surface area (Å²) in [5, 5.41) is 5.71. The summed E-state index contributed by atoms with van der Waals surface area (Å²) in [4.78, 5) is 24.1. The lowest BCUT2D eigenvalue weighted by atomic mass is 9.97. The predicted molar refractivity (Wildman–Crippen MR) is 78.7 cm³/mol. The van der Waals surface area contributed by atoms with Gasteiger partial charge in [-0.15, -0.1) is 0 Å². The van der Waals surface area contributed by atoms with Crippen LogP contribution in [0.25, 0.3) is 0 Å². The highest BCUT2D eigenvalue weighted by Crippen LogP contribution is 2.13. The van der Waals surface area contributed by atoms with Gasteiger partial charge in [0.1, 0.15) is 6.04 Å². The number of amides is 2. The SMILES string of the molecule is C=C(C)C(CC)C(=O)NC(CC)C(=O)NC(C)CC. The molecule has 0 aromatic heterocycles. The van der Waals surface area contributed by atoms with Crippen molar-refractivity contribution in [3.8, 4) is 0 Å². The van der Waals surface area contributed by atoms with Crippen molar-refractivity contribution in [2.45, 2.75) is 66.0 Å². The zero-order valence-electron chi connectivity index (χ0n) is 12.9. The highest BCUT2D eigenvalue weighted by Gasteiger charge is 2.24. The van der Waals surface area contributed by atoms with Gasteiger partial charge in [-0.1, -0.05) is 32.9 Å². The minimum Gasteiger partial charge on any atom is -0.352 e. The Labute approximate surface area is 117 Å². The Morgan fingerprint density at radius 2 is 1.58 bits per heavy atom. The van der Waals surface area contributed by atoms with Crippen LogP contribution in [0.1, 0.15) is 53.9 Å². The Balaban J connectivity index is 4.59. The van der Waals surface area contributed by atoms with Gasteiger partial charge in [0.05, 0.1) is 5.92 Å². The zero-order valence-corrected chi connectivity index (χ0v) is 12.9. The third-order valence-corrected chi connectivity index (χ3v) is 3.36. The molecule has 0 aromatic rings. The standard InChI is InChI=1S/C15H28N2O2/c1-7-11(6)16-15(19)13(9-3)17-14(18)12(8-2)10(4)5/h11-13H,4,7-9H2,1-3,5-6H3,(H,16,19)(H,17,18). The van der Waals surface area contributed by atoms with Crippen molar-refractivity contribution in [2.24, 2.45) is 5.92 Å². The number of hydrogen-bond donors (Lipinski definition) is 2. The van der Waals surface area contributed by atoms with E-state index in [1.165, 1.54) is 0 Å². The Morgan fingerprint density at radius 1 is 1.00 bits per heavy atom. The maximum Gasteiger partial charge on any atom is 0.242 e. The predicted octanol–water partition coefficient (Wildman–Crippen LogP) is 2.40. The fraction of sp³-hybridized carbons (Fsp3) is 0.733. The Hall–Kier alpha value is -1.32. The molecule has 0 saturated heterocycles. The summed E-state index contributed by atoms with van der Waals surface area (Å²) < 4.78 is 0. The third kappa shape index (κ3) is 5.90. The molecule has 0 saturated carbocycles. The van der Waals surface area contributed by atoms with E-state index >= 15 is 0 Å². The lowest BCUT2D eigenvalue weighted by Gasteiger charge is -2.22. The molecule has 0 heterocycles. The largest absolute Gasteiger partial charge is 0.352 e. The van der Waals surface area contributed by atoms with Gasteiger partial charge >= 0.3 is 0 Å². The molecule has 0 aliphatic rings. The summed E-state index contributed by atoms with van der Waals surface area (Å²) in [6, 6.07) is -0.337. The smallest absolute Gasteiger partial charge is 0.242 e. The summed E-state index contributed by atoms with van der Waals surface area (Å²) in [7, 11) is 0. The van der Waals surface area contributed by atoms with Crippen LogP contribution in [0.5, 0.6) is 0 Å². The molecule has 0 bridgehead atoms. The van der Waals surface area contributed by atoms with Gasteiger partial charge in [0.2, 0.25) is 11.8 Å². The second-order valence-electron chi connectivity index (χ2n) is 5.09. The van der Waals surface area contributed by atoms with Crippen molar-refractivity contribution < 1.29 is 9.59 Å². The third-order valence-electron chi connectivity index (χ3n) is 3.36. The molecule has 4 heteroatoms.